The Bertz CT molecular complexity index is 1450. The third-order valence-corrected chi connectivity index (χ3v) is 6.20. The van der Waals surface area contributed by atoms with Gasteiger partial charge in [-0.25, -0.2) is 9.37 Å². The highest BCUT2D eigenvalue weighted by Crippen LogP contribution is 2.39. The number of aromatic nitrogens is 4. The van der Waals surface area contributed by atoms with Crippen molar-refractivity contribution in [3.63, 3.8) is 0 Å². The van der Waals surface area contributed by atoms with Crippen LogP contribution in [0, 0.1) is 5.82 Å². The minimum absolute atomic E-state index is 0.0345. The number of nitrogens with zero attached hydrogens (tertiary/aromatic N) is 5. The first-order valence-corrected chi connectivity index (χ1v) is 11.8. The fraction of sp³-hybridized carbons (Fsp3) is 0.400. The number of rotatable bonds is 6. The summed E-state index contributed by atoms with van der Waals surface area (Å²) in [7, 11) is 0. The van der Waals surface area contributed by atoms with Crippen LogP contribution in [0.5, 0.6) is 5.75 Å². The van der Waals surface area contributed by atoms with Crippen molar-refractivity contribution >= 4 is 16.6 Å². The zero-order valence-corrected chi connectivity index (χ0v) is 20.2. The Morgan fingerprint density at radius 1 is 1.16 bits per heavy atom. The summed E-state index contributed by atoms with van der Waals surface area (Å²) in [5.41, 5.74) is 5.72. The quantitative estimate of drug-likeness (QED) is 0.374. The van der Waals surface area contributed by atoms with Gasteiger partial charge in [-0.3, -0.25) is 9.30 Å². The van der Waals surface area contributed by atoms with Gasteiger partial charge in [0.2, 0.25) is 0 Å². The number of likely N-dealkylation sites (tertiary alicyclic amines) is 1. The second kappa shape index (κ2) is 9.19. The number of fused-ring (bicyclic) bond motifs is 2. The number of halogens is 4. The summed E-state index contributed by atoms with van der Waals surface area (Å²) in [6, 6.07) is 6.41. The molecule has 2 atom stereocenters. The van der Waals surface area contributed by atoms with Crippen molar-refractivity contribution in [2.45, 2.75) is 44.1 Å². The van der Waals surface area contributed by atoms with E-state index in [2.05, 4.69) is 15.2 Å². The van der Waals surface area contributed by atoms with E-state index in [1.54, 1.807) is 26.0 Å². The van der Waals surface area contributed by atoms with Crippen LogP contribution in [0.25, 0.3) is 28.1 Å². The zero-order valence-electron chi connectivity index (χ0n) is 20.2. The summed E-state index contributed by atoms with van der Waals surface area (Å²) in [4.78, 5) is 5.91. The molecular formula is C25H26F4N6O2. The summed E-state index contributed by atoms with van der Waals surface area (Å²) >= 11 is 0. The van der Waals surface area contributed by atoms with Gasteiger partial charge in [0.05, 0.1) is 5.60 Å². The van der Waals surface area contributed by atoms with Crippen molar-refractivity contribution in [3.8, 4) is 17.3 Å². The molecule has 1 saturated heterocycles. The van der Waals surface area contributed by atoms with Crippen LogP contribution in [0.15, 0.2) is 42.6 Å². The normalized spacial score (nSPS) is 18.1. The second-order valence-corrected chi connectivity index (χ2v) is 9.98. The van der Waals surface area contributed by atoms with Gasteiger partial charge in [-0.1, -0.05) is 12.1 Å². The molecule has 0 amide bonds. The van der Waals surface area contributed by atoms with E-state index in [-0.39, 0.29) is 42.9 Å². The maximum atomic E-state index is 14.2. The Hall–Kier alpha value is -3.35. The minimum atomic E-state index is -4.51. The summed E-state index contributed by atoms with van der Waals surface area (Å²) in [6.07, 6.45) is -2.65. The fourth-order valence-corrected chi connectivity index (χ4v) is 4.56. The van der Waals surface area contributed by atoms with Gasteiger partial charge in [0.1, 0.15) is 35.4 Å². The minimum Gasteiger partial charge on any atom is -0.488 e. The van der Waals surface area contributed by atoms with E-state index < -0.39 is 23.6 Å². The third-order valence-electron chi connectivity index (χ3n) is 6.20. The van der Waals surface area contributed by atoms with Gasteiger partial charge in [0.25, 0.3) is 0 Å². The first-order chi connectivity index (χ1) is 17.4. The predicted molar refractivity (Wildman–Crippen MR) is 128 cm³/mol. The number of pyridine rings is 2. The monoisotopic (exact) mass is 518 g/mol. The molecule has 37 heavy (non-hydrogen) atoms. The van der Waals surface area contributed by atoms with Crippen molar-refractivity contribution in [3.05, 3.63) is 54.0 Å². The van der Waals surface area contributed by atoms with Gasteiger partial charge < -0.3 is 15.6 Å². The molecule has 1 fully saturated rings. The van der Waals surface area contributed by atoms with Crippen LogP contribution in [0.2, 0.25) is 0 Å². The maximum absolute atomic E-state index is 14.2. The molecule has 0 saturated carbocycles. The molecule has 0 radical (unpaired) electrons. The summed E-state index contributed by atoms with van der Waals surface area (Å²) in [5.74, 6) is -0.197. The number of nitrogens with two attached hydrogens (primary N) is 1. The van der Waals surface area contributed by atoms with E-state index in [1.165, 1.54) is 39.8 Å². The fourth-order valence-electron chi connectivity index (χ4n) is 4.56. The number of hydrogen-bond donors (Lipinski definition) is 2. The molecule has 5 rings (SSSR count). The van der Waals surface area contributed by atoms with E-state index in [1.807, 2.05) is 0 Å². The maximum Gasteiger partial charge on any atom is 0.408 e. The van der Waals surface area contributed by atoms with E-state index in [4.69, 9.17) is 10.5 Å². The lowest BCUT2D eigenvalue weighted by Crippen LogP contribution is -2.38. The molecule has 1 aromatic carbocycles. The lowest BCUT2D eigenvalue weighted by atomic mass is 10.1. The van der Waals surface area contributed by atoms with Crippen molar-refractivity contribution in [1.82, 2.24) is 24.5 Å². The lowest BCUT2D eigenvalue weighted by molar-refractivity contribution is -0.183. The van der Waals surface area contributed by atoms with Gasteiger partial charge in [-0.05, 0) is 44.0 Å². The van der Waals surface area contributed by atoms with E-state index in [9.17, 15) is 22.7 Å². The SMILES string of the molecule is CC(C)(O)COc1cc(F)cc2ccc(-c3nnc4ccc(C(N5CCC(N)C5)C(F)(F)F)cn34)nc12. The number of hydrogen-bond acceptors (Lipinski definition) is 7. The Morgan fingerprint density at radius 3 is 2.62 bits per heavy atom. The first-order valence-electron chi connectivity index (χ1n) is 11.8. The molecule has 2 unspecified atom stereocenters. The molecule has 1 aliphatic heterocycles. The summed E-state index contributed by atoms with van der Waals surface area (Å²) in [6.45, 7) is 3.39. The third kappa shape index (κ3) is 5.22. The van der Waals surface area contributed by atoms with Crippen molar-refractivity contribution in [2.75, 3.05) is 19.7 Å². The van der Waals surface area contributed by atoms with E-state index >= 15 is 0 Å². The van der Waals surface area contributed by atoms with Crippen LogP contribution < -0.4 is 10.5 Å². The molecule has 196 valence electrons. The predicted octanol–water partition coefficient (Wildman–Crippen LogP) is 3.87. The van der Waals surface area contributed by atoms with Crippen LogP contribution in [0.4, 0.5) is 17.6 Å². The average molecular weight is 519 g/mol. The standard InChI is InChI=1S/C25H26F4N6O2/c1-24(2,36)13-37-19-10-16(26)9-14-3-5-18(31-21(14)19)23-33-32-20-6-4-15(11-35(20)23)22(25(27,28)29)34-8-7-17(30)12-34/h3-6,9-11,17,22,36H,7-8,12-13,30H2,1-2H3. The number of benzene rings is 1. The molecule has 0 aliphatic carbocycles. The van der Waals surface area contributed by atoms with Crippen LogP contribution in [-0.4, -0.2) is 67.1 Å². The highest BCUT2D eigenvalue weighted by molar-refractivity contribution is 5.86. The lowest BCUT2D eigenvalue weighted by Gasteiger charge is -2.30. The molecule has 3 aromatic heterocycles. The molecule has 4 aromatic rings. The Kier molecular flexibility index (Phi) is 6.29. The van der Waals surface area contributed by atoms with Crippen LogP contribution in [0.3, 0.4) is 0 Å². The number of ether oxygens (including phenoxy) is 1. The van der Waals surface area contributed by atoms with Crippen molar-refractivity contribution < 1.29 is 27.4 Å². The highest BCUT2D eigenvalue weighted by atomic mass is 19.4. The van der Waals surface area contributed by atoms with Crippen LogP contribution in [-0.2, 0) is 0 Å². The van der Waals surface area contributed by atoms with Gasteiger partial charge in [0.15, 0.2) is 11.5 Å². The van der Waals surface area contributed by atoms with Gasteiger partial charge in [0, 0.05) is 36.8 Å². The molecular weight excluding hydrogens is 492 g/mol. The highest BCUT2D eigenvalue weighted by Gasteiger charge is 2.46. The summed E-state index contributed by atoms with van der Waals surface area (Å²) in [5, 5.41) is 18.7. The van der Waals surface area contributed by atoms with Crippen molar-refractivity contribution in [1.29, 1.82) is 0 Å². The molecule has 8 nitrogen and oxygen atoms in total. The summed E-state index contributed by atoms with van der Waals surface area (Å²) < 4.78 is 63.7. The molecule has 3 N–H and O–H groups in total. The smallest absolute Gasteiger partial charge is 0.408 e. The molecule has 1 aliphatic rings. The average Bonchev–Trinajstić information content (AvgIpc) is 3.41. The second-order valence-electron chi connectivity index (χ2n) is 9.98. The Morgan fingerprint density at radius 2 is 1.95 bits per heavy atom. The molecule has 0 spiro atoms. The van der Waals surface area contributed by atoms with Gasteiger partial charge in [-0.15, -0.1) is 10.2 Å². The molecule has 4 heterocycles. The number of alkyl halides is 3. The zero-order chi connectivity index (χ0) is 26.5. The largest absolute Gasteiger partial charge is 0.488 e. The van der Waals surface area contributed by atoms with E-state index in [0.29, 0.717) is 28.7 Å². The Labute approximate surface area is 209 Å². The molecule has 0 bridgehead atoms. The Balaban J connectivity index is 1.58. The van der Waals surface area contributed by atoms with Gasteiger partial charge >= 0.3 is 6.18 Å². The molecule has 12 heteroatoms. The number of aliphatic hydroxyl groups is 1. The topological polar surface area (TPSA) is 102 Å². The first kappa shape index (κ1) is 25.3. The van der Waals surface area contributed by atoms with Gasteiger partial charge in [-0.2, -0.15) is 13.2 Å². The van der Waals surface area contributed by atoms with Crippen LogP contribution >= 0.6 is 0 Å². The van der Waals surface area contributed by atoms with E-state index in [0.717, 1.165) is 0 Å². The van der Waals surface area contributed by atoms with Crippen LogP contribution in [0.1, 0.15) is 31.9 Å². The van der Waals surface area contributed by atoms with Crippen molar-refractivity contribution in [2.24, 2.45) is 5.73 Å².